The lowest BCUT2D eigenvalue weighted by molar-refractivity contribution is 0.299. The van der Waals surface area contributed by atoms with Gasteiger partial charge in [0.05, 0.1) is 11.4 Å². The Balaban J connectivity index is 1.80. The van der Waals surface area contributed by atoms with E-state index in [-0.39, 0.29) is 0 Å². The molecule has 0 saturated carbocycles. The highest BCUT2D eigenvalue weighted by atomic mass is 32.1. The molecule has 6 heteroatoms. The lowest BCUT2D eigenvalue weighted by Crippen LogP contribution is -2.04. The van der Waals surface area contributed by atoms with Crippen LogP contribution in [0.5, 0.6) is 5.75 Å². The maximum absolute atomic E-state index is 9.07. The van der Waals surface area contributed by atoms with Crippen LogP contribution in [0.15, 0.2) is 47.2 Å². The number of imidazole rings is 1. The van der Waals surface area contributed by atoms with Crippen molar-refractivity contribution in [3.63, 3.8) is 0 Å². The Morgan fingerprint density at radius 3 is 3.05 bits per heavy atom. The van der Waals surface area contributed by atoms with Gasteiger partial charge in [-0.15, -0.1) is 11.3 Å². The summed E-state index contributed by atoms with van der Waals surface area (Å²) >= 11 is 1.59. The Kier molecular flexibility index (Phi) is 3.87. The molecule has 0 fully saturated rings. The first-order valence-electron chi connectivity index (χ1n) is 6.66. The molecule has 2 aromatic heterocycles. The standard InChI is InChI=1S/C15H15N3O2S/c1-2-13(17-19)12-5-3-4-6-14(12)20-10-11-9-18-7-8-21-15(18)16-11/h3-9,19H,2,10H2,1H3/b17-13-. The number of thiazole rings is 1. The van der Waals surface area contributed by atoms with Crippen molar-refractivity contribution in [2.45, 2.75) is 20.0 Å². The quantitative estimate of drug-likeness (QED) is 0.445. The van der Waals surface area contributed by atoms with Gasteiger partial charge in [-0.25, -0.2) is 4.98 Å². The van der Waals surface area contributed by atoms with Crippen molar-refractivity contribution in [1.82, 2.24) is 9.38 Å². The van der Waals surface area contributed by atoms with E-state index in [1.807, 2.05) is 53.4 Å². The molecule has 0 saturated heterocycles. The highest BCUT2D eigenvalue weighted by Gasteiger charge is 2.10. The maximum atomic E-state index is 9.07. The molecular formula is C15H15N3O2S. The molecule has 3 rings (SSSR count). The van der Waals surface area contributed by atoms with Crippen molar-refractivity contribution in [1.29, 1.82) is 0 Å². The van der Waals surface area contributed by atoms with Gasteiger partial charge in [-0.3, -0.25) is 4.40 Å². The molecule has 0 spiro atoms. The van der Waals surface area contributed by atoms with Crippen LogP contribution in [0.25, 0.3) is 4.96 Å². The van der Waals surface area contributed by atoms with Crippen LogP contribution in [0.2, 0.25) is 0 Å². The van der Waals surface area contributed by atoms with Gasteiger partial charge < -0.3 is 9.94 Å². The van der Waals surface area contributed by atoms with Gasteiger partial charge in [-0.05, 0) is 18.6 Å². The second-order valence-electron chi connectivity index (χ2n) is 4.51. The number of para-hydroxylation sites is 1. The summed E-state index contributed by atoms with van der Waals surface area (Å²) in [5, 5.41) is 14.4. The van der Waals surface area contributed by atoms with E-state index in [0.29, 0.717) is 24.5 Å². The van der Waals surface area contributed by atoms with Crippen LogP contribution in [0.1, 0.15) is 24.6 Å². The third kappa shape index (κ3) is 2.75. The molecule has 0 radical (unpaired) electrons. The van der Waals surface area contributed by atoms with Crippen LogP contribution in [0.4, 0.5) is 0 Å². The Morgan fingerprint density at radius 2 is 2.29 bits per heavy atom. The van der Waals surface area contributed by atoms with Crippen molar-refractivity contribution in [2.75, 3.05) is 0 Å². The van der Waals surface area contributed by atoms with E-state index < -0.39 is 0 Å². The minimum Gasteiger partial charge on any atom is -0.487 e. The molecule has 0 amide bonds. The number of hydrogen-bond donors (Lipinski definition) is 1. The molecule has 0 aliphatic rings. The molecule has 1 aromatic carbocycles. The van der Waals surface area contributed by atoms with Gasteiger partial charge in [0.15, 0.2) is 4.96 Å². The highest BCUT2D eigenvalue weighted by Crippen LogP contribution is 2.21. The summed E-state index contributed by atoms with van der Waals surface area (Å²) in [5.74, 6) is 0.698. The zero-order valence-electron chi connectivity index (χ0n) is 11.6. The van der Waals surface area contributed by atoms with Crippen LogP contribution in [-0.2, 0) is 6.61 Å². The summed E-state index contributed by atoms with van der Waals surface area (Å²) < 4.78 is 7.82. The lowest BCUT2D eigenvalue weighted by Gasteiger charge is -2.10. The summed E-state index contributed by atoms with van der Waals surface area (Å²) in [4.78, 5) is 5.43. The van der Waals surface area contributed by atoms with Gasteiger partial charge in [-0.1, -0.05) is 24.2 Å². The summed E-state index contributed by atoms with van der Waals surface area (Å²) in [6.07, 6.45) is 4.56. The van der Waals surface area contributed by atoms with Crippen molar-refractivity contribution in [2.24, 2.45) is 5.16 Å². The number of oxime groups is 1. The predicted molar refractivity (Wildman–Crippen MR) is 82.5 cm³/mol. The summed E-state index contributed by atoms with van der Waals surface area (Å²) in [7, 11) is 0. The topological polar surface area (TPSA) is 59.1 Å². The van der Waals surface area contributed by atoms with E-state index in [4.69, 9.17) is 9.94 Å². The Morgan fingerprint density at radius 1 is 1.43 bits per heavy atom. The fourth-order valence-corrected chi connectivity index (χ4v) is 2.86. The summed E-state index contributed by atoms with van der Waals surface area (Å²) in [6.45, 7) is 2.32. The second-order valence-corrected chi connectivity index (χ2v) is 5.38. The number of benzene rings is 1. The Bertz CT molecular complexity index is 747. The fraction of sp³-hybridized carbons (Fsp3) is 0.200. The Labute approximate surface area is 126 Å². The molecule has 5 nitrogen and oxygen atoms in total. The van der Waals surface area contributed by atoms with Gasteiger partial charge >= 0.3 is 0 Å². The molecule has 0 aliphatic carbocycles. The molecule has 0 unspecified atom stereocenters. The first kappa shape index (κ1) is 13.6. The first-order chi connectivity index (χ1) is 10.3. The number of hydrogen-bond acceptors (Lipinski definition) is 5. The molecule has 21 heavy (non-hydrogen) atoms. The van der Waals surface area contributed by atoms with Crippen molar-refractivity contribution in [3.05, 3.63) is 53.3 Å². The molecule has 0 atom stereocenters. The lowest BCUT2D eigenvalue weighted by atomic mass is 10.1. The summed E-state index contributed by atoms with van der Waals surface area (Å²) in [5.41, 5.74) is 2.29. The third-order valence-electron chi connectivity index (χ3n) is 3.17. The van der Waals surface area contributed by atoms with Crippen molar-refractivity contribution < 1.29 is 9.94 Å². The molecule has 2 heterocycles. The van der Waals surface area contributed by atoms with E-state index in [1.54, 1.807) is 11.3 Å². The molecule has 0 bridgehead atoms. The molecule has 3 aromatic rings. The number of rotatable bonds is 5. The Hall–Kier alpha value is -2.34. The smallest absolute Gasteiger partial charge is 0.193 e. The fourth-order valence-electron chi connectivity index (χ4n) is 2.14. The number of aromatic nitrogens is 2. The zero-order chi connectivity index (χ0) is 14.7. The largest absolute Gasteiger partial charge is 0.487 e. The number of ether oxygens (including phenoxy) is 1. The molecule has 0 aliphatic heterocycles. The SMILES string of the molecule is CC/C(=N/O)c1ccccc1OCc1cn2ccsc2n1. The van der Waals surface area contributed by atoms with E-state index in [9.17, 15) is 0 Å². The zero-order valence-corrected chi connectivity index (χ0v) is 12.4. The van der Waals surface area contributed by atoms with Gasteiger partial charge in [0.1, 0.15) is 12.4 Å². The minimum absolute atomic E-state index is 0.383. The van der Waals surface area contributed by atoms with Gasteiger partial charge in [0, 0.05) is 23.3 Å². The summed E-state index contributed by atoms with van der Waals surface area (Å²) in [6, 6.07) is 7.55. The van der Waals surface area contributed by atoms with E-state index >= 15 is 0 Å². The van der Waals surface area contributed by atoms with Crippen LogP contribution >= 0.6 is 11.3 Å². The van der Waals surface area contributed by atoms with Crippen LogP contribution in [-0.4, -0.2) is 20.3 Å². The monoisotopic (exact) mass is 301 g/mol. The average molecular weight is 301 g/mol. The second kappa shape index (κ2) is 5.97. The van der Waals surface area contributed by atoms with Gasteiger partial charge in [0.2, 0.25) is 0 Å². The predicted octanol–water partition coefficient (Wildman–Crippen LogP) is 3.56. The van der Waals surface area contributed by atoms with Crippen molar-refractivity contribution in [3.8, 4) is 5.75 Å². The normalized spacial score (nSPS) is 12.0. The maximum Gasteiger partial charge on any atom is 0.193 e. The highest BCUT2D eigenvalue weighted by molar-refractivity contribution is 7.15. The molecule has 1 N–H and O–H groups in total. The van der Waals surface area contributed by atoms with Crippen LogP contribution in [0.3, 0.4) is 0 Å². The van der Waals surface area contributed by atoms with E-state index in [0.717, 1.165) is 16.2 Å². The minimum atomic E-state index is 0.383. The van der Waals surface area contributed by atoms with Crippen LogP contribution < -0.4 is 4.74 Å². The van der Waals surface area contributed by atoms with E-state index in [2.05, 4.69) is 10.1 Å². The van der Waals surface area contributed by atoms with Crippen LogP contribution in [0, 0.1) is 0 Å². The molecule has 108 valence electrons. The van der Waals surface area contributed by atoms with Crippen molar-refractivity contribution >= 4 is 22.0 Å². The first-order valence-corrected chi connectivity index (χ1v) is 7.54. The average Bonchev–Trinajstić information content (AvgIpc) is 3.08. The number of fused-ring (bicyclic) bond motifs is 1. The van der Waals surface area contributed by atoms with Gasteiger partial charge in [0.25, 0.3) is 0 Å². The number of nitrogens with zero attached hydrogens (tertiary/aromatic N) is 3. The molecular weight excluding hydrogens is 286 g/mol. The van der Waals surface area contributed by atoms with E-state index in [1.165, 1.54) is 0 Å². The third-order valence-corrected chi connectivity index (χ3v) is 3.94. The van der Waals surface area contributed by atoms with Gasteiger partial charge in [-0.2, -0.15) is 0 Å².